The number of piperazine rings is 1. The Bertz CT molecular complexity index is 1380. The Labute approximate surface area is 201 Å². The number of H-pyrrole nitrogens is 1. The number of pyridine rings is 2. The summed E-state index contributed by atoms with van der Waals surface area (Å²) in [5.74, 6) is 0.961. The quantitative estimate of drug-likeness (QED) is 0.386. The van der Waals surface area contributed by atoms with Crippen LogP contribution in [0, 0.1) is 11.3 Å². The Morgan fingerprint density at radius 2 is 1.85 bits per heavy atom. The molecule has 2 N–H and O–H groups in total. The Morgan fingerprint density at radius 3 is 2.61 bits per heavy atom. The summed E-state index contributed by atoms with van der Waals surface area (Å²) in [7, 11) is 0. The average molecular weight is 475 g/mol. The van der Waals surface area contributed by atoms with Gasteiger partial charge in [0.1, 0.15) is 11.5 Å². The van der Waals surface area contributed by atoms with Gasteiger partial charge in [-0.3, -0.25) is 0 Å². The van der Waals surface area contributed by atoms with Crippen LogP contribution in [0.1, 0.15) is 11.1 Å². The maximum atomic E-state index is 9.81. The van der Waals surface area contributed by atoms with Crippen LogP contribution in [0.3, 0.4) is 0 Å². The molecule has 4 heterocycles. The SMILES string of the molecule is N#C/C(=C\c1c[nH]c2ncc(-c3ccnc(N4CCNCC4)c3)cc12)c1c(Cl)cccc1Cl. The first-order valence-electron chi connectivity index (χ1n) is 10.6. The van der Waals surface area contributed by atoms with E-state index in [4.69, 9.17) is 23.2 Å². The first kappa shape index (κ1) is 21.5. The number of rotatable bonds is 4. The minimum atomic E-state index is 0.391. The van der Waals surface area contributed by atoms with Crippen LogP contribution in [0.25, 0.3) is 33.8 Å². The molecule has 4 aromatic rings. The van der Waals surface area contributed by atoms with Gasteiger partial charge in [-0.25, -0.2) is 9.97 Å². The van der Waals surface area contributed by atoms with E-state index < -0.39 is 0 Å². The summed E-state index contributed by atoms with van der Waals surface area (Å²) in [4.78, 5) is 14.6. The van der Waals surface area contributed by atoms with Gasteiger partial charge in [0.25, 0.3) is 0 Å². The number of aromatic nitrogens is 3. The summed E-state index contributed by atoms with van der Waals surface area (Å²) in [5.41, 5.74) is 4.51. The summed E-state index contributed by atoms with van der Waals surface area (Å²) in [5, 5.41) is 15.0. The lowest BCUT2D eigenvalue weighted by Crippen LogP contribution is -2.43. The van der Waals surface area contributed by atoms with Crippen LogP contribution in [0.2, 0.25) is 10.0 Å². The number of hydrogen-bond acceptors (Lipinski definition) is 5. The highest BCUT2D eigenvalue weighted by Gasteiger charge is 2.15. The van der Waals surface area contributed by atoms with Crippen LogP contribution in [0.4, 0.5) is 5.82 Å². The molecule has 33 heavy (non-hydrogen) atoms. The Hall–Kier alpha value is -3.37. The average Bonchev–Trinajstić information content (AvgIpc) is 3.26. The van der Waals surface area contributed by atoms with Gasteiger partial charge in [0.05, 0.1) is 21.7 Å². The number of allylic oxidation sites excluding steroid dienone is 1. The minimum Gasteiger partial charge on any atom is -0.354 e. The minimum absolute atomic E-state index is 0.391. The summed E-state index contributed by atoms with van der Waals surface area (Å²) in [6, 6.07) is 13.6. The second-order valence-electron chi connectivity index (χ2n) is 7.77. The third-order valence-corrected chi connectivity index (χ3v) is 6.37. The van der Waals surface area contributed by atoms with E-state index >= 15 is 0 Å². The van der Waals surface area contributed by atoms with Gasteiger partial charge in [-0.15, -0.1) is 0 Å². The number of benzene rings is 1. The molecule has 0 radical (unpaired) electrons. The third-order valence-electron chi connectivity index (χ3n) is 5.74. The van der Waals surface area contributed by atoms with Crippen molar-refractivity contribution in [2.75, 3.05) is 31.1 Å². The molecule has 0 spiro atoms. The van der Waals surface area contributed by atoms with E-state index in [9.17, 15) is 5.26 Å². The molecule has 1 aliphatic heterocycles. The molecule has 1 aromatic carbocycles. The van der Waals surface area contributed by atoms with Crippen LogP contribution >= 0.6 is 23.2 Å². The van der Waals surface area contributed by atoms with E-state index in [1.807, 2.05) is 24.7 Å². The van der Waals surface area contributed by atoms with E-state index in [-0.39, 0.29) is 0 Å². The molecule has 0 amide bonds. The van der Waals surface area contributed by atoms with Crippen LogP contribution in [0.15, 0.2) is 55.0 Å². The van der Waals surface area contributed by atoms with Gasteiger partial charge >= 0.3 is 0 Å². The maximum Gasteiger partial charge on any atom is 0.137 e. The molecular weight excluding hydrogens is 455 g/mol. The molecule has 0 atom stereocenters. The predicted molar refractivity (Wildman–Crippen MR) is 134 cm³/mol. The number of nitriles is 1. The van der Waals surface area contributed by atoms with Crippen molar-refractivity contribution in [1.29, 1.82) is 5.26 Å². The van der Waals surface area contributed by atoms with Crippen molar-refractivity contribution in [1.82, 2.24) is 20.3 Å². The van der Waals surface area contributed by atoms with Crippen molar-refractivity contribution in [3.05, 3.63) is 76.2 Å². The normalized spacial score (nSPS) is 14.5. The van der Waals surface area contributed by atoms with Crippen molar-refractivity contribution >= 4 is 51.7 Å². The fourth-order valence-corrected chi connectivity index (χ4v) is 4.64. The number of fused-ring (bicyclic) bond motifs is 1. The molecule has 1 fully saturated rings. The lowest BCUT2D eigenvalue weighted by atomic mass is 10.0. The monoisotopic (exact) mass is 474 g/mol. The number of aromatic amines is 1. The van der Waals surface area contributed by atoms with Crippen LogP contribution < -0.4 is 10.2 Å². The van der Waals surface area contributed by atoms with Gasteiger partial charge in [-0.2, -0.15) is 5.26 Å². The Balaban J connectivity index is 1.55. The van der Waals surface area contributed by atoms with Crippen molar-refractivity contribution < 1.29 is 0 Å². The highest BCUT2D eigenvalue weighted by Crippen LogP contribution is 2.34. The van der Waals surface area contributed by atoms with E-state index in [1.54, 1.807) is 24.3 Å². The zero-order chi connectivity index (χ0) is 22.8. The first-order valence-corrected chi connectivity index (χ1v) is 11.3. The van der Waals surface area contributed by atoms with Crippen molar-refractivity contribution in [2.45, 2.75) is 0 Å². The van der Waals surface area contributed by atoms with Crippen LogP contribution in [-0.2, 0) is 0 Å². The predicted octanol–water partition coefficient (Wildman–Crippen LogP) is 5.41. The number of hydrogen-bond donors (Lipinski definition) is 2. The zero-order valence-electron chi connectivity index (χ0n) is 17.6. The third kappa shape index (κ3) is 4.31. The summed E-state index contributed by atoms with van der Waals surface area (Å²) in [6.45, 7) is 3.77. The Kier molecular flexibility index (Phi) is 6.01. The lowest BCUT2D eigenvalue weighted by molar-refractivity contribution is 0.585. The van der Waals surface area contributed by atoms with Gasteiger partial charge in [-0.05, 0) is 42.0 Å². The maximum absolute atomic E-state index is 9.81. The second-order valence-corrected chi connectivity index (χ2v) is 8.58. The molecule has 3 aromatic heterocycles. The van der Waals surface area contributed by atoms with Gasteiger partial charge in [0.15, 0.2) is 0 Å². The molecule has 1 aliphatic rings. The molecule has 0 unspecified atom stereocenters. The zero-order valence-corrected chi connectivity index (χ0v) is 19.2. The molecule has 5 rings (SSSR count). The number of nitrogens with one attached hydrogen (secondary N) is 2. The summed E-state index contributed by atoms with van der Waals surface area (Å²) < 4.78 is 0. The molecule has 8 heteroatoms. The van der Waals surface area contributed by atoms with E-state index in [0.717, 1.165) is 59.7 Å². The molecule has 6 nitrogen and oxygen atoms in total. The van der Waals surface area contributed by atoms with E-state index in [2.05, 4.69) is 43.4 Å². The molecule has 0 saturated carbocycles. The van der Waals surface area contributed by atoms with Crippen LogP contribution in [0.5, 0.6) is 0 Å². The summed E-state index contributed by atoms with van der Waals surface area (Å²) >= 11 is 12.7. The lowest BCUT2D eigenvalue weighted by Gasteiger charge is -2.28. The van der Waals surface area contributed by atoms with Gasteiger partial charge in [0.2, 0.25) is 0 Å². The number of nitrogens with zero attached hydrogens (tertiary/aromatic N) is 4. The Morgan fingerprint density at radius 1 is 1.06 bits per heavy atom. The van der Waals surface area contributed by atoms with Crippen molar-refractivity contribution in [3.8, 4) is 17.2 Å². The topological polar surface area (TPSA) is 80.6 Å². The van der Waals surface area contributed by atoms with Gasteiger partial charge < -0.3 is 15.2 Å². The van der Waals surface area contributed by atoms with Crippen molar-refractivity contribution in [3.63, 3.8) is 0 Å². The van der Waals surface area contributed by atoms with Gasteiger partial charge in [0, 0.05) is 66.8 Å². The second kappa shape index (κ2) is 9.24. The number of anilines is 1. The fraction of sp³-hybridized carbons (Fsp3) is 0.160. The first-order chi connectivity index (χ1) is 16.1. The van der Waals surface area contributed by atoms with E-state index in [1.165, 1.54) is 0 Å². The molecule has 0 bridgehead atoms. The molecule has 164 valence electrons. The highest BCUT2D eigenvalue weighted by molar-refractivity contribution is 6.38. The molecule has 1 saturated heterocycles. The standard InChI is InChI=1S/C25H20Cl2N6/c26-21-2-1-3-22(27)24(21)17(13-28)10-19-15-32-25-20(19)11-18(14-31-25)16-4-5-30-23(12-16)33-8-6-29-7-9-33/h1-5,10-12,14-15,29H,6-9H2,(H,31,32)/b17-10+. The highest BCUT2D eigenvalue weighted by atomic mass is 35.5. The van der Waals surface area contributed by atoms with Gasteiger partial charge in [-0.1, -0.05) is 29.3 Å². The fourth-order valence-electron chi connectivity index (χ4n) is 4.04. The summed E-state index contributed by atoms with van der Waals surface area (Å²) in [6.07, 6.45) is 7.31. The molecular formula is C25H20Cl2N6. The largest absolute Gasteiger partial charge is 0.354 e. The van der Waals surface area contributed by atoms with E-state index in [0.29, 0.717) is 21.2 Å². The van der Waals surface area contributed by atoms with Crippen molar-refractivity contribution in [2.24, 2.45) is 0 Å². The van der Waals surface area contributed by atoms with Crippen LogP contribution in [-0.4, -0.2) is 41.1 Å². The molecule has 0 aliphatic carbocycles. The number of halogens is 2. The smallest absolute Gasteiger partial charge is 0.137 e.